The van der Waals surface area contributed by atoms with Gasteiger partial charge >= 0.3 is 0 Å². The summed E-state index contributed by atoms with van der Waals surface area (Å²) in [5.41, 5.74) is 43.2. The van der Waals surface area contributed by atoms with Crippen LogP contribution in [0.4, 0.5) is 0 Å². The van der Waals surface area contributed by atoms with Gasteiger partial charge in [-0.25, -0.2) is 0 Å². The Balaban J connectivity index is 0.000000231. The van der Waals surface area contributed by atoms with Crippen molar-refractivity contribution in [2.24, 2.45) is 0 Å². The SMILES string of the molecule is Cc1cc(C)c(C)c(C)c1.Cc1cc(C)c(C)c(C)c1.Cc1cc(C)cc(C)c1.Cc1cc(C)cc(C)c1.Cc1ccc(-c2cc(C)c(-c3ccc(C)cc3)cc2C)cc1.Cc1ccc(-c2cc(C)cc(C)c2)cc1.Cc1cccc(C)c1.Cc1cccc(C)c1C. The van der Waals surface area contributed by atoms with E-state index in [4.69, 9.17) is 0 Å². The molecule has 0 aromatic heterocycles. The number of hydrogen-bond acceptors (Lipinski definition) is 0. The molecule has 11 aromatic carbocycles. The zero-order valence-corrected chi connectivity index (χ0v) is 61.6. The maximum absolute atomic E-state index is 2.31. The molecular weight excluding hydrogens is 1110 g/mol. The maximum atomic E-state index is 2.31. The lowest BCUT2D eigenvalue weighted by molar-refractivity contribution is 1.23. The third-order valence-electron chi connectivity index (χ3n) is 16.8. The molecular formula is C92H112. The zero-order chi connectivity index (χ0) is 68.5. The highest BCUT2D eigenvalue weighted by molar-refractivity contribution is 5.76. The van der Waals surface area contributed by atoms with Crippen LogP contribution >= 0.6 is 0 Å². The first-order chi connectivity index (χ1) is 43.3. The summed E-state index contributed by atoms with van der Waals surface area (Å²) < 4.78 is 0. The second-order valence-electron chi connectivity index (χ2n) is 26.5. The van der Waals surface area contributed by atoms with Gasteiger partial charge in [0.2, 0.25) is 0 Å². The minimum absolute atomic E-state index is 1.29. The van der Waals surface area contributed by atoms with Crippen LogP contribution in [0.1, 0.15) is 145 Å². The average molecular weight is 1220 g/mol. The summed E-state index contributed by atoms with van der Waals surface area (Å²) in [6, 6.07) is 74.4. The van der Waals surface area contributed by atoms with E-state index in [1.165, 1.54) is 178 Å². The molecule has 0 saturated carbocycles. The van der Waals surface area contributed by atoms with Crippen molar-refractivity contribution >= 4 is 0 Å². The predicted octanol–water partition coefficient (Wildman–Crippen LogP) is 26.5. The molecule has 0 unspecified atom stereocenters. The molecule has 0 heteroatoms. The lowest BCUT2D eigenvalue weighted by Crippen LogP contribution is -1.90. The van der Waals surface area contributed by atoms with Gasteiger partial charge in [0.05, 0.1) is 0 Å². The van der Waals surface area contributed by atoms with E-state index >= 15 is 0 Å². The smallest absolute Gasteiger partial charge is 0.0152 e. The fourth-order valence-corrected chi connectivity index (χ4v) is 11.4. The van der Waals surface area contributed by atoms with Crippen molar-refractivity contribution in [2.45, 2.75) is 180 Å². The topological polar surface area (TPSA) is 0 Å². The maximum Gasteiger partial charge on any atom is -0.0152 e. The van der Waals surface area contributed by atoms with E-state index in [1.54, 1.807) is 0 Å². The third kappa shape index (κ3) is 26.3. The Hall–Kier alpha value is -8.58. The van der Waals surface area contributed by atoms with E-state index in [0.717, 1.165) is 0 Å². The van der Waals surface area contributed by atoms with E-state index < -0.39 is 0 Å². The van der Waals surface area contributed by atoms with Crippen molar-refractivity contribution in [3.63, 3.8) is 0 Å². The Bertz CT molecular complexity index is 3720. The van der Waals surface area contributed by atoms with Crippen molar-refractivity contribution < 1.29 is 0 Å². The van der Waals surface area contributed by atoms with Crippen LogP contribution in [0.15, 0.2) is 206 Å². The molecule has 0 heterocycles. The molecule has 0 aliphatic heterocycles. The monoisotopic (exact) mass is 1220 g/mol. The third-order valence-corrected chi connectivity index (χ3v) is 16.8. The summed E-state index contributed by atoms with van der Waals surface area (Å²) in [6.45, 7) is 55.7. The molecule has 0 nitrogen and oxygen atoms in total. The highest BCUT2D eigenvalue weighted by Gasteiger charge is 2.09. The molecule has 0 aliphatic rings. The molecule has 0 radical (unpaired) electrons. The first kappa shape index (κ1) is 75.9. The quantitative estimate of drug-likeness (QED) is 0.165. The molecule has 0 saturated heterocycles. The van der Waals surface area contributed by atoms with Crippen molar-refractivity contribution in [1.29, 1.82) is 0 Å². The first-order valence-electron chi connectivity index (χ1n) is 32.9. The minimum Gasteiger partial charge on any atom is -0.0617 e. The molecule has 0 spiro atoms. The van der Waals surface area contributed by atoms with Gasteiger partial charge in [0.1, 0.15) is 0 Å². The van der Waals surface area contributed by atoms with E-state index in [2.05, 4.69) is 386 Å². The highest BCUT2D eigenvalue weighted by Crippen LogP contribution is 2.32. The van der Waals surface area contributed by atoms with E-state index in [-0.39, 0.29) is 0 Å². The lowest BCUT2D eigenvalue weighted by atomic mass is 9.91. The lowest BCUT2D eigenvalue weighted by Gasteiger charge is -2.13. The molecule has 480 valence electrons. The second-order valence-corrected chi connectivity index (χ2v) is 26.5. The number of hydrogen-bond donors (Lipinski definition) is 0. The van der Waals surface area contributed by atoms with Crippen LogP contribution < -0.4 is 0 Å². The normalized spacial score (nSPS) is 10.1. The number of aryl methyl sites for hydroxylation is 23. The van der Waals surface area contributed by atoms with E-state index in [1.807, 2.05) is 0 Å². The van der Waals surface area contributed by atoms with Crippen LogP contribution in [0.25, 0.3) is 33.4 Å². The van der Waals surface area contributed by atoms with Gasteiger partial charge in [-0.3, -0.25) is 0 Å². The second kappa shape index (κ2) is 37.1. The first-order valence-corrected chi connectivity index (χ1v) is 32.9. The van der Waals surface area contributed by atoms with Crippen LogP contribution in [-0.2, 0) is 0 Å². The Morgan fingerprint density at radius 2 is 0.348 bits per heavy atom. The van der Waals surface area contributed by atoms with Gasteiger partial charge in [0.15, 0.2) is 0 Å². The van der Waals surface area contributed by atoms with Gasteiger partial charge in [0.25, 0.3) is 0 Å². The summed E-state index contributed by atoms with van der Waals surface area (Å²) in [6.07, 6.45) is 0. The average Bonchev–Trinajstić information content (AvgIpc) is 1.11. The van der Waals surface area contributed by atoms with Gasteiger partial charge in [-0.05, 0) is 275 Å². The largest absolute Gasteiger partial charge is 0.0617 e. The Morgan fingerprint density at radius 1 is 0.130 bits per heavy atom. The van der Waals surface area contributed by atoms with E-state index in [9.17, 15) is 0 Å². The van der Waals surface area contributed by atoms with Crippen molar-refractivity contribution in [3.8, 4) is 33.4 Å². The van der Waals surface area contributed by atoms with Gasteiger partial charge in [-0.2, -0.15) is 0 Å². The molecule has 0 N–H and O–H groups in total. The van der Waals surface area contributed by atoms with Gasteiger partial charge in [-0.1, -0.05) is 290 Å². The number of benzene rings is 11. The van der Waals surface area contributed by atoms with Crippen LogP contribution in [0, 0.1) is 180 Å². The Morgan fingerprint density at radius 3 is 0.598 bits per heavy atom. The standard InChI is InChI=1S/C22H22.C15H16.2C10H14.3C9H12.C8H10/c1-15-5-9-19(10-6-15)21-13-18(4)22(14-17(21)3)20-11-7-16(2)8-12-20;1-11-4-6-14(7-5-11)15-9-12(2)8-13(3)10-15;2*1-7-5-8(2)10(4)9(3)6-7;2*1-7-4-8(2)6-9(3)5-7;1-7-5-4-6-8(2)9(7)3;1-7-4-3-5-8(2)6-7/h5-14H,1-4H3;4-10H,1-3H3;2*5-6H,1-4H3;3*4-6H,1-3H3;3-6H,1-2H3. The fraction of sp³-hybridized carbons (Fsp3) is 0.283. The molecule has 0 bridgehead atoms. The summed E-state index contributed by atoms with van der Waals surface area (Å²) >= 11 is 0. The highest BCUT2D eigenvalue weighted by atomic mass is 14.1. The Labute approximate surface area is 561 Å². The summed E-state index contributed by atoms with van der Waals surface area (Å²) in [5, 5.41) is 0. The van der Waals surface area contributed by atoms with Gasteiger partial charge in [0, 0.05) is 0 Å². The minimum atomic E-state index is 1.29. The molecule has 0 amide bonds. The summed E-state index contributed by atoms with van der Waals surface area (Å²) in [7, 11) is 0. The zero-order valence-electron chi connectivity index (χ0n) is 61.6. The molecule has 11 aromatic rings. The molecule has 0 aliphatic carbocycles. The molecule has 92 heavy (non-hydrogen) atoms. The van der Waals surface area contributed by atoms with Crippen molar-refractivity contribution in [1.82, 2.24) is 0 Å². The molecule has 11 rings (SSSR count). The van der Waals surface area contributed by atoms with E-state index in [0.29, 0.717) is 0 Å². The van der Waals surface area contributed by atoms with Crippen LogP contribution in [0.2, 0.25) is 0 Å². The predicted molar refractivity (Wildman–Crippen MR) is 411 cm³/mol. The van der Waals surface area contributed by atoms with Gasteiger partial charge in [-0.15, -0.1) is 0 Å². The van der Waals surface area contributed by atoms with Crippen molar-refractivity contribution in [3.05, 3.63) is 351 Å². The number of rotatable bonds is 3. The molecule has 0 fully saturated rings. The summed E-state index contributed by atoms with van der Waals surface area (Å²) in [5.74, 6) is 0. The van der Waals surface area contributed by atoms with Crippen LogP contribution in [0.3, 0.4) is 0 Å². The van der Waals surface area contributed by atoms with Crippen LogP contribution in [-0.4, -0.2) is 0 Å². The van der Waals surface area contributed by atoms with Crippen molar-refractivity contribution in [2.75, 3.05) is 0 Å². The fourth-order valence-electron chi connectivity index (χ4n) is 11.4. The molecule has 0 atom stereocenters. The van der Waals surface area contributed by atoms with Crippen LogP contribution in [0.5, 0.6) is 0 Å². The summed E-state index contributed by atoms with van der Waals surface area (Å²) in [4.78, 5) is 0. The Kier molecular flexibility index (Phi) is 30.6. The van der Waals surface area contributed by atoms with Gasteiger partial charge < -0.3 is 0 Å².